The highest BCUT2D eigenvalue weighted by Crippen LogP contribution is 2.20. The fourth-order valence-corrected chi connectivity index (χ4v) is 2.02. The van der Waals surface area contributed by atoms with Crippen LogP contribution in [-0.2, 0) is 4.79 Å². The number of halogens is 1. The number of aliphatic hydroxyl groups excluding tert-OH is 1. The number of rotatable bonds is 3. The average Bonchev–Trinajstić information content (AvgIpc) is 2.40. The van der Waals surface area contributed by atoms with Gasteiger partial charge in [0.05, 0.1) is 0 Å². The Labute approximate surface area is 117 Å². The molecule has 0 radical (unpaired) electrons. The van der Waals surface area contributed by atoms with E-state index in [9.17, 15) is 14.3 Å². The predicted octanol–water partition coefficient (Wildman–Crippen LogP) is 3.11. The van der Waals surface area contributed by atoms with Crippen molar-refractivity contribution in [1.82, 2.24) is 0 Å². The first-order chi connectivity index (χ1) is 9.47. The van der Waals surface area contributed by atoms with Crippen LogP contribution in [0.3, 0.4) is 0 Å². The van der Waals surface area contributed by atoms with E-state index in [2.05, 4.69) is 5.32 Å². The molecule has 0 aromatic heterocycles. The van der Waals surface area contributed by atoms with E-state index in [0.717, 1.165) is 11.1 Å². The van der Waals surface area contributed by atoms with Crippen molar-refractivity contribution in [3.63, 3.8) is 0 Å². The standard InChI is InChI=1S/C16H16FNO2/c1-10-3-8-14(11(2)9-10)15(19)16(20)18-13-6-4-12(17)5-7-13/h3-9,15,19H,1-2H3,(H,18,20). The molecule has 2 rings (SSSR count). The lowest BCUT2D eigenvalue weighted by Gasteiger charge is -2.14. The van der Waals surface area contributed by atoms with E-state index in [1.807, 2.05) is 26.0 Å². The summed E-state index contributed by atoms with van der Waals surface area (Å²) in [5.74, 6) is -0.915. The van der Waals surface area contributed by atoms with Gasteiger partial charge in [-0.25, -0.2) is 4.39 Å². The number of aliphatic hydroxyl groups is 1. The Morgan fingerprint density at radius 2 is 1.80 bits per heavy atom. The van der Waals surface area contributed by atoms with Gasteiger partial charge in [0.1, 0.15) is 5.82 Å². The first-order valence-corrected chi connectivity index (χ1v) is 6.29. The van der Waals surface area contributed by atoms with Crippen LogP contribution in [0.1, 0.15) is 22.8 Å². The molecule has 0 aliphatic carbocycles. The van der Waals surface area contributed by atoms with Crippen LogP contribution in [0.2, 0.25) is 0 Å². The van der Waals surface area contributed by atoms with E-state index in [4.69, 9.17) is 0 Å². The number of hydrogen-bond acceptors (Lipinski definition) is 2. The summed E-state index contributed by atoms with van der Waals surface area (Å²) in [6.07, 6.45) is -1.25. The summed E-state index contributed by atoms with van der Waals surface area (Å²) in [7, 11) is 0. The summed E-state index contributed by atoms with van der Waals surface area (Å²) < 4.78 is 12.8. The second-order valence-electron chi connectivity index (χ2n) is 4.76. The van der Waals surface area contributed by atoms with Crippen molar-refractivity contribution in [2.75, 3.05) is 5.32 Å². The van der Waals surface area contributed by atoms with Gasteiger partial charge in [-0.2, -0.15) is 0 Å². The molecule has 0 aliphatic rings. The fraction of sp³-hybridized carbons (Fsp3) is 0.188. The van der Waals surface area contributed by atoms with Gasteiger partial charge in [-0.15, -0.1) is 0 Å². The first kappa shape index (κ1) is 14.2. The Hall–Kier alpha value is -2.20. The van der Waals surface area contributed by atoms with Gasteiger partial charge in [0, 0.05) is 5.69 Å². The SMILES string of the molecule is Cc1ccc(C(O)C(=O)Nc2ccc(F)cc2)c(C)c1. The van der Waals surface area contributed by atoms with Crippen LogP contribution in [0.4, 0.5) is 10.1 Å². The maximum Gasteiger partial charge on any atom is 0.257 e. The van der Waals surface area contributed by atoms with Crippen molar-refractivity contribution in [2.45, 2.75) is 20.0 Å². The molecule has 1 atom stereocenters. The minimum atomic E-state index is -1.25. The number of anilines is 1. The molecule has 104 valence electrons. The molecule has 2 aromatic rings. The van der Waals surface area contributed by atoms with E-state index in [0.29, 0.717) is 11.3 Å². The Morgan fingerprint density at radius 3 is 2.40 bits per heavy atom. The van der Waals surface area contributed by atoms with E-state index in [-0.39, 0.29) is 5.82 Å². The van der Waals surface area contributed by atoms with Gasteiger partial charge in [0.2, 0.25) is 0 Å². The molecular formula is C16H16FNO2. The summed E-state index contributed by atoms with van der Waals surface area (Å²) in [6.45, 7) is 3.79. The maximum absolute atomic E-state index is 12.8. The smallest absolute Gasteiger partial charge is 0.257 e. The Bertz CT molecular complexity index is 623. The second kappa shape index (κ2) is 5.84. The number of carbonyl (C=O) groups is 1. The molecule has 1 amide bonds. The van der Waals surface area contributed by atoms with Crippen LogP contribution in [-0.4, -0.2) is 11.0 Å². The third-order valence-corrected chi connectivity index (χ3v) is 3.08. The highest BCUT2D eigenvalue weighted by atomic mass is 19.1. The Morgan fingerprint density at radius 1 is 1.15 bits per heavy atom. The van der Waals surface area contributed by atoms with E-state index in [1.165, 1.54) is 24.3 Å². The molecule has 0 saturated carbocycles. The predicted molar refractivity (Wildman–Crippen MR) is 75.9 cm³/mol. The van der Waals surface area contributed by atoms with Crippen molar-refractivity contribution < 1.29 is 14.3 Å². The average molecular weight is 273 g/mol. The van der Waals surface area contributed by atoms with Gasteiger partial charge in [-0.05, 0) is 49.2 Å². The summed E-state index contributed by atoms with van der Waals surface area (Å²) in [5, 5.41) is 12.6. The third kappa shape index (κ3) is 3.22. The van der Waals surface area contributed by atoms with Crippen LogP contribution < -0.4 is 5.32 Å². The number of carbonyl (C=O) groups excluding carboxylic acids is 1. The quantitative estimate of drug-likeness (QED) is 0.902. The van der Waals surface area contributed by atoms with Crippen molar-refractivity contribution in [1.29, 1.82) is 0 Å². The molecule has 0 aliphatic heterocycles. The number of hydrogen-bond donors (Lipinski definition) is 2. The zero-order chi connectivity index (χ0) is 14.7. The second-order valence-corrected chi connectivity index (χ2v) is 4.76. The molecule has 0 saturated heterocycles. The van der Waals surface area contributed by atoms with Crippen LogP contribution in [0.5, 0.6) is 0 Å². The van der Waals surface area contributed by atoms with E-state index >= 15 is 0 Å². The van der Waals surface area contributed by atoms with Gasteiger partial charge >= 0.3 is 0 Å². The van der Waals surface area contributed by atoms with E-state index < -0.39 is 12.0 Å². The molecule has 0 fully saturated rings. The molecule has 2 N–H and O–H groups in total. The van der Waals surface area contributed by atoms with Gasteiger partial charge in [-0.3, -0.25) is 4.79 Å². The fourth-order valence-electron chi connectivity index (χ4n) is 2.02. The molecular weight excluding hydrogens is 257 g/mol. The van der Waals surface area contributed by atoms with Gasteiger partial charge < -0.3 is 10.4 Å². The normalized spacial score (nSPS) is 12.0. The first-order valence-electron chi connectivity index (χ1n) is 6.29. The molecule has 0 spiro atoms. The number of amides is 1. The molecule has 0 heterocycles. The summed E-state index contributed by atoms with van der Waals surface area (Å²) in [5.41, 5.74) is 2.93. The van der Waals surface area contributed by atoms with Crippen LogP contribution in [0.25, 0.3) is 0 Å². The number of benzene rings is 2. The lowest BCUT2D eigenvalue weighted by molar-refractivity contribution is -0.124. The van der Waals surface area contributed by atoms with Crippen molar-refractivity contribution in [3.8, 4) is 0 Å². The minimum Gasteiger partial charge on any atom is -0.378 e. The van der Waals surface area contributed by atoms with Gasteiger partial charge in [0.15, 0.2) is 6.10 Å². The monoisotopic (exact) mass is 273 g/mol. The Kier molecular flexibility index (Phi) is 4.15. The molecule has 20 heavy (non-hydrogen) atoms. The molecule has 0 bridgehead atoms. The van der Waals surface area contributed by atoms with Crippen molar-refractivity contribution in [3.05, 3.63) is 65.0 Å². The van der Waals surface area contributed by atoms with Crippen LogP contribution in [0.15, 0.2) is 42.5 Å². The zero-order valence-electron chi connectivity index (χ0n) is 11.4. The highest BCUT2D eigenvalue weighted by molar-refractivity contribution is 5.94. The number of aryl methyl sites for hydroxylation is 2. The van der Waals surface area contributed by atoms with Crippen LogP contribution in [0, 0.1) is 19.7 Å². The molecule has 4 heteroatoms. The molecule has 3 nitrogen and oxygen atoms in total. The lowest BCUT2D eigenvalue weighted by Crippen LogP contribution is -2.21. The molecule has 1 unspecified atom stereocenters. The highest BCUT2D eigenvalue weighted by Gasteiger charge is 2.19. The number of nitrogens with one attached hydrogen (secondary N) is 1. The largest absolute Gasteiger partial charge is 0.378 e. The van der Waals surface area contributed by atoms with E-state index in [1.54, 1.807) is 6.07 Å². The van der Waals surface area contributed by atoms with Gasteiger partial charge in [-0.1, -0.05) is 23.8 Å². The minimum absolute atomic E-state index is 0.377. The van der Waals surface area contributed by atoms with Gasteiger partial charge in [0.25, 0.3) is 5.91 Å². The summed E-state index contributed by atoms with van der Waals surface area (Å²) in [4.78, 5) is 12.0. The third-order valence-electron chi connectivity index (χ3n) is 3.08. The lowest BCUT2D eigenvalue weighted by atomic mass is 10.0. The zero-order valence-corrected chi connectivity index (χ0v) is 11.4. The van der Waals surface area contributed by atoms with Crippen molar-refractivity contribution in [2.24, 2.45) is 0 Å². The van der Waals surface area contributed by atoms with Crippen molar-refractivity contribution >= 4 is 11.6 Å². The maximum atomic E-state index is 12.8. The topological polar surface area (TPSA) is 49.3 Å². The summed E-state index contributed by atoms with van der Waals surface area (Å²) >= 11 is 0. The summed E-state index contributed by atoms with van der Waals surface area (Å²) in [6, 6.07) is 10.9. The Balaban J connectivity index is 2.14. The molecule has 2 aromatic carbocycles. The van der Waals surface area contributed by atoms with Crippen LogP contribution >= 0.6 is 0 Å².